The standard InChI is InChI=1S/C30H35N5O4/c1-19-12-13-21(16-20(19)2)35(27(36)18-34-25-11-9-8-10-24(25)32-33-34)28(29(37)31-30(3,4)5)23-17-22(38-6)14-15-26(23)39-7/h8-17,28H,18H2,1-7H3,(H,31,37)/t28-/m1/s1. The van der Waals surface area contributed by atoms with Crippen LogP contribution in [-0.2, 0) is 16.1 Å². The molecule has 0 aliphatic carbocycles. The number of fused-ring (bicyclic) bond motifs is 1. The van der Waals surface area contributed by atoms with E-state index in [0.29, 0.717) is 28.3 Å². The van der Waals surface area contributed by atoms with Crippen LogP contribution in [0.1, 0.15) is 43.5 Å². The van der Waals surface area contributed by atoms with Crippen molar-refractivity contribution in [1.29, 1.82) is 0 Å². The smallest absolute Gasteiger partial charge is 0.249 e. The molecule has 1 aromatic heterocycles. The second-order valence-electron chi connectivity index (χ2n) is 10.5. The average Bonchev–Trinajstić information content (AvgIpc) is 3.30. The summed E-state index contributed by atoms with van der Waals surface area (Å²) in [6, 6.07) is 17.3. The molecule has 9 heteroatoms. The Bertz CT molecular complexity index is 1510. The van der Waals surface area contributed by atoms with Crippen LogP contribution in [0.15, 0.2) is 60.7 Å². The van der Waals surface area contributed by atoms with Crippen LogP contribution < -0.4 is 19.7 Å². The van der Waals surface area contributed by atoms with Crippen LogP contribution in [0, 0.1) is 13.8 Å². The van der Waals surface area contributed by atoms with E-state index in [0.717, 1.165) is 16.6 Å². The summed E-state index contributed by atoms with van der Waals surface area (Å²) in [7, 11) is 3.09. The van der Waals surface area contributed by atoms with Crippen molar-refractivity contribution in [3.8, 4) is 11.5 Å². The molecule has 1 N–H and O–H groups in total. The van der Waals surface area contributed by atoms with E-state index in [1.807, 2.05) is 77.1 Å². The van der Waals surface area contributed by atoms with Gasteiger partial charge in [0.15, 0.2) is 0 Å². The number of aromatic nitrogens is 3. The van der Waals surface area contributed by atoms with Gasteiger partial charge in [-0.3, -0.25) is 14.5 Å². The lowest BCUT2D eigenvalue weighted by molar-refractivity contribution is -0.128. The van der Waals surface area contributed by atoms with Crippen LogP contribution in [0.2, 0.25) is 0 Å². The average molecular weight is 530 g/mol. The van der Waals surface area contributed by atoms with Gasteiger partial charge in [0.25, 0.3) is 0 Å². The maximum atomic E-state index is 14.3. The Balaban J connectivity index is 1.92. The minimum absolute atomic E-state index is 0.126. The third-order valence-electron chi connectivity index (χ3n) is 6.48. The van der Waals surface area contributed by atoms with Gasteiger partial charge in [-0.25, -0.2) is 4.68 Å². The van der Waals surface area contributed by atoms with Gasteiger partial charge in [0.1, 0.15) is 29.6 Å². The first-order valence-electron chi connectivity index (χ1n) is 12.7. The van der Waals surface area contributed by atoms with E-state index in [9.17, 15) is 9.59 Å². The number of hydrogen-bond donors (Lipinski definition) is 1. The number of para-hydroxylation sites is 1. The van der Waals surface area contributed by atoms with E-state index in [-0.39, 0.29) is 18.4 Å². The summed E-state index contributed by atoms with van der Waals surface area (Å²) >= 11 is 0. The molecule has 0 aliphatic rings. The van der Waals surface area contributed by atoms with Gasteiger partial charge < -0.3 is 14.8 Å². The molecule has 1 heterocycles. The van der Waals surface area contributed by atoms with E-state index in [2.05, 4.69) is 15.6 Å². The number of rotatable bonds is 8. The van der Waals surface area contributed by atoms with Crippen molar-refractivity contribution in [2.75, 3.05) is 19.1 Å². The second kappa shape index (κ2) is 11.1. The van der Waals surface area contributed by atoms with E-state index < -0.39 is 11.6 Å². The van der Waals surface area contributed by atoms with Gasteiger partial charge in [0, 0.05) is 16.8 Å². The summed E-state index contributed by atoms with van der Waals surface area (Å²) in [6.07, 6.45) is 0. The van der Waals surface area contributed by atoms with Crippen molar-refractivity contribution in [3.63, 3.8) is 0 Å². The first-order valence-corrected chi connectivity index (χ1v) is 12.7. The number of aryl methyl sites for hydroxylation is 2. The molecule has 204 valence electrons. The van der Waals surface area contributed by atoms with Crippen molar-refractivity contribution >= 4 is 28.5 Å². The molecule has 0 spiro atoms. The summed E-state index contributed by atoms with van der Waals surface area (Å²) in [4.78, 5) is 29.9. The molecule has 4 aromatic rings. The SMILES string of the molecule is COc1ccc(OC)c([C@H](C(=O)NC(C)(C)C)N(C(=O)Cn2nnc3ccccc32)c2ccc(C)c(C)c2)c1. The van der Waals surface area contributed by atoms with Crippen molar-refractivity contribution in [3.05, 3.63) is 77.4 Å². The zero-order valence-electron chi connectivity index (χ0n) is 23.5. The molecular formula is C30H35N5O4. The zero-order valence-corrected chi connectivity index (χ0v) is 23.5. The number of carbonyl (C=O) groups excluding carboxylic acids is 2. The van der Waals surface area contributed by atoms with Crippen LogP contribution in [0.25, 0.3) is 11.0 Å². The summed E-state index contributed by atoms with van der Waals surface area (Å²) in [5.74, 6) is 0.295. The molecule has 39 heavy (non-hydrogen) atoms. The van der Waals surface area contributed by atoms with Gasteiger partial charge in [-0.2, -0.15) is 0 Å². The molecule has 0 bridgehead atoms. The normalized spacial score (nSPS) is 12.2. The summed E-state index contributed by atoms with van der Waals surface area (Å²) in [5, 5.41) is 11.5. The molecule has 4 rings (SSSR count). The lowest BCUT2D eigenvalue weighted by Gasteiger charge is -2.34. The van der Waals surface area contributed by atoms with Gasteiger partial charge in [0.2, 0.25) is 11.8 Å². The van der Waals surface area contributed by atoms with Crippen LogP contribution in [0.4, 0.5) is 5.69 Å². The van der Waals surface area contributed by atoms with Crippen LogP contribution in [0.3, 0.4) is 0 Å². The van der Waals surface area contributed by atoms with E-state index >= 15 is 0 Å². The topological polar surface area (TPSA) is 98.6 Å². The predicted octanol–water partition coefficient (Wildman–Crippen LogP) is 4.75. The molecular weight excluding hydrogens is 494 g/mol. The number of hydrogen-bond acceptors (Lipinski definition) is 6. The molecule has 0 saturated heterocycles. The number of nitrogens with one attached hydrogen (secondary N) is 1. The van der Waals surface area contributed by atoms with E-state index in [1.165, 1.54) is 12.0 Å². The van der Waals surface area contributed by atoms with Gasteiger partial charge in [0.05, 0.1) is 19.7 Å². The number of ether oxygens (including phenoxy) is 2. The molecule has 0 radical (unpaired) electrons. The molecule has 0 saturated carbocycles. The Kier molecular flexibility index (Phi) is 7.90. The number of amides is 2. The highest BCUT2D eigenvalue weighted by Crippen LogP contribution is 2.37. The van der Waals surface area contributed by atoms with Crippen LogP contribution >= 0.6 is 0 Å². The fraction of sp³-hybridized carbons (Fsp3) is 0.333. The maximum Gasteiger partial charge on any atom is 0.249 e. The summed E-state index contributed by atoms with van der Waals surface area (Å²) < 4.78 is 12.7. The molecule has 0 aliphatic heterocycles. The maximum absolute atomic E-state index is 14.3. The van der Waals surface area contributed by atoms with Crippen molar-refractivity contribution in [2.45, 2.75) is 52.7 Å². The highest BCUT2D eigenvalue weighted by Gasteiger charge is 2.37. The van der Waals surface area contributed by atoms with E-state index in [1.54, 1.807) is 30.0 Å². The first kappa shape index (κ1) is 27.6. The fourth-order valence-corrected chi connectivity index (χ4v) is 4.44. The highest BCUT2D eigenvalue weighted by molar-refractivity contribution is 6.02. The van der Waals surface area contributed by atoms with Crippen LogP contribution in [-0.4, -0.2) is 46.6 Å². The minimum Gasteiger partial charge on any atom is -0.497 e. The number of anilines is 1. The lowest BCUT2D eigenvalue weighted by Crippen LogP contribution is -2.50. The molecule has 0 unspecified atom stereocenters. The molecule has 9 nitrogen and oxygen atoms in total. The molecule has 2 amide bonds. The molecule has 1 atom stereocenters. The van der Waals surface area contributed by atoms with E-state index in [4.69, 9.17) is 9.47 Å². The number of benzene rings is 3. The third kappa shape index (κ3) is 6.03. The van der Waals surface area contributed by atoms with Gasteiger partial charge >= 0.3 is 0 Å². The van der Waals surface area contributed by atoms with Gasteiger partial charge in [-0.05, 0) is 88.2 Å². The van der Waals surface area contributed by atoms with Gasteiger partial charge in [-0.1, -0.05) is 23.4 Å². The fourth-order valence-electron chi connectivity index (χ4n) is 4.44. The zero-order chi connectivity index (χ0) is 28.3. The molecule has 0 fully saturated rings. The van der Waals surface area contributed by atoms with Crippen molar-refractivity contribution in [2.24, 2.45) is 0 Å². The Morgan fingerprint density at radius 1 is 0.974 bits per heavy atom. The number of methoxy groups -OCH3 is 2. The first-order chi connectivity index (χ1) is 18.5. The summed E-state index contributed by atoms with van der Waals surface area (Å²) in [6.45, 7) is 9.54. The van der Waals surface area contributed by atoms with Crippen molar-refractivity contribution in [1.82, 2.24) is 20.3 Å². The Labute approximate surface area is 228 Å². The largest absolute Gasteiger partial charge is 0.497 e. The Morgan fingerprint density at radius 2 is 1.72 bits per heavy atom. The second-order valence-corrected chi connectivity index (χ2v) is 10.5. The summed E-state index contributed by atoms with van der Waals surface area (Å²) in [5.41, 5.74) is 3.98. The highest BCUT2D eigenvalue weighted by atomic mass is 16.5. The number of nitrogens with zero attached hydrogens (tertiary/aromatic N) is 4. The third-order valence-corrected chi connectivity index (χ3v) is 6.48. The predicted molar refractivity (Wildman–Crippen MR) is 151 cm³/mol. The minimum atomic E-state index is -1.07. The Hall–Kier alpha value is -4.40. The lowest BCUT2D eigenvalue weighted by atomic mass is 9.98. The quantitative estimate of drug-likeness (QED) is 0.354. The molecule has 3 aromatic carbocycles. The van der Waals surface area contributed by atoms with Crippen molar-refractivity contribution < 1.29 is 19.1 Å². The van der Waals surface area contributed by atoms with Gasteiger partial charge in [-0.15, -0.1) is 5.10 Å². The van der Waals surface area contributed by atoms with Crippen LogP contribution in [0.5, 0.6) is 11.5 Å². The number of carbonyl (C=O) groups is 2. The Morgan fingerprint density at radius 3 is 2.38 bits per heavy atom. The monoisotopic (exact) mass is 529 g/mol.